The molecule has 2 aromatic rings. The van der Waals surface area contributed by atoms with Crippen molar-refractivity contribution < 1.29 is 0 Å². The standard InChI is InChI=1S/C16H22N4/c1-11-5-12(2)7-14(6-11)9-15(20-18)8-13-3-4-19-16(17)10-13/h3-7,10,15,20H,8-9,18H2,1-2H3,(H2,17,19). The van der Waals surface area contributed by atoms with Gasteiger partial charge >= 0.3 is 0 Å². The smallest absolute Gasteiger partial charge is 0.123 e. The van der Waals surface area contributed by atoms with Crippen LogP contribution >= 0.6 is 0 Å². The van der Waals surface area contributed by atoms with E-state index in [9.17, 15) is 0 Å². The van der Waals surface area contributed by atoms with Gasteiger partial charge in [0.15, 0.2) is 0 Å². The van der Waals surface area contributed by atoms with E-state index in [0.29, 0.717) is 5.82 Å². The molecule has 1 unspecified atom stereocenters. The van der Waals surface area contributed by atoms with E-state index in [0.717, 1.165) is 18.4 Å². The highest BCUT2D eigenvalue weighted by molar-refractivity contribution is 5.33. The number of anilines is 1. The van der Waals surface area contributed by atoms with E-state index in [1.165, 1.54) is 16.7 Å². The molecule has 0 saturated carbocycles. The Hall–Kier alpha value is -1.91. The molecule has 0 spiro atoms. The Morgan fingerprint density at radius 3 is 2.30 bits per heavy atom. The van der Waals surface area contributed by atoms with Gasteiger partial charge in [0.2, 0.25) is 0 Å². The number of nitrogen functional groups attached to an aromatic ring is 1. The van der Waals surface area contributed by atoms with Crippen molar-refractivity contribution in [3.05, 3.63) is 58.8 Å². The lowest BCUT2D eigenvalue weighted by Gasteiger charge is -2.17. The Labute approximate surface area is 120 Å². The zero-order chi connectivity index (χ0) is 14.5. The van der Waals surface area contributed by atoms with Crippen LogP contribution in [0.5, 0.6) is 0 Å². The molecule has 4 nitrogen and oxygen atoms in total. The topological polar surface area (TPSA) is 77.0 Å². The third-order valence-electron chi connectivity index (χ3n) is 3.33. The lowest BCUT2D eigenvalue weighted by Crippen LogP contribution is -2.38. The van der Waals surface area contributed by atoms with Crippen molar-refractivity contribution in [2.45, 2.75) is 32.7 Å². The zero-order valence-electron chi connectivity index (χ0n) is 12.1. The molecule has 0 amide bonds. The predicted molar refractivity (Wildman–Crippen MR) is 83.1 cm³/mol. The third kappa shape index (κ3) is 4.05. The van der Waals surface area contributed by atoms with E-state index in [1.54, 1.807) is 6.20 Å². The summed E-state index contributed by atoms with van der Waals surface area (Å²) in [5.74, 6) is 6.23. The molecule has 0 radical (unpaired) electrons. The Morgan fingerprint density at radius 1 is 1.05 bits per heavy atom. The number of benzene rings is 1. The molecule has 4 heteroatoms. The number of aryl methyl sites for hydroxylation is 2. The highest BCUT2D eigenvalue weighted by atomic mass is 15.2. The Balaban J connectivity index is 2.09. The van der Waals surface area contributed by atoms with Gasteiger partial charge in [-0.15, -0.1) is 0 Å². The lowest BCUT2D eigenvalue weighted by molar-refractivity contribution is 0.522. The number of nitrogens with zero attached hydrogens (tertiary/aromatic N) is 1. The number of nitrogens with two attached hydrogens (primary N) is 2. The van der Waals surface area contributed by atoms with Crippen molar-refractivity contribution in [3.8, 4) is 0 Å². The van der Waals surface area contributed by atoms with E-state index in [2.05, 4.69) is 42.5 Å². The van der Waals surface area contributed by atoms with Crippen molar-refractivity contribution in [2.75, 3.05) is 5.73 Å². The summed E-state index contributed by atoms with van der Waals surface area (Å²) < 4.78 is 0. The molecule has 20 heavy (non-hydrogen) atoms. The fourth-order valence-electron chi connectivity index (χ4n) is 2.57. The second-order valence-electron chi connectivity index (χ2n) is 5.36. The molecule has 0 fully saturated rings. The number of hydrazine groups is 1. The Kier molecular flexibility index (Phi) is 4.71. The summed E-state index contributed by atoms with van der Waals surface area (Å²) in [6.07, 6.45) is 3.45. The maximum atomic E-state index is 5.71. The first-order valence-corrected chi connectivity index (χ1v) is 6.80. The molecule has 0 bridgehead atoms. The summed E-state index contributed by atoms with van der Waals surface area (Å²) in [6, 6.07) is 10.6. The maximum absolute atomic E-state index is 5.71. The number of hydrogen-bond acceptors (Lipinski definition) is 4. The van der Waals surface area contributed by atoms with E-state index < -0.39 is 0 Å². The molecule has 1 heterocycles. The van der Waals surface area contributed by atoms with Crippen molar-refractivity contribution in [1.29, 1.82) is 0 Å². The second-order valence-corrected chi connectivity index (χ2v) is 5.36. The van der Waals surface area contributed by atoms with Gasteiger partial charge in [-0.1, -0.05) is 29.3 Å². The van der Waals surface area contributed by atoms with Gasteiger partial charge in [0.1, 0.15) is 5.82 Å². The molecule has 0 saturated heterocycles. The van der Waals surface area contributed by atoms with Crippen LogP contribution in [0.3, 0.4) is 0 Å². The van der Waals surface area contributed by atoms with Gasteiger partial charge in [0, 0.05) is 12.2 Å². The highest BCUT2D eigenvalue weighted by Gasteiger charge is 2.10. The minimum Gasteiger partial charge on any atom is -0.384 e. The van der Waals surface area contributed by atoms with Crippen LogP contribution in [0.15, 0.2) is 36.5 Å². The van der Waals surface area contributed by atoms with E-state index in [-0.39, 0.29) is 6.04 Å². The summed E-state index contributed by atoms with van der Waals surface area (Å²) >= 11 is 0. The van der Waals surface area contributed by atoms with Crippen LogP contribution in [0.4, 0.5) is 5.82 Å². The molecule has 0 aliphatic carbocycles. The van der Waals surface area contributed by atoms with Gasteiger partial charge in [-0.25, -0.2) is 4.98 Å². The molecular weight excluding hydrogens is 248 g/mol. The molecule has 5 N–H and O–H groups in total. The van der Waals surface area contributed by atoms with Crippen LogP contribution in [0.25, 0.3) is 0 Å². The highest BCUT2D eigenvalue weighted by Crippen LogP contribution is 2.13. The number of hydrogen-bond donors (Lipinski definition) is 3. The molecule has 0 aliphatic rings. The quantitative estimate of drug-likeness (QED) is 0.573. The fraction of sp³-hybridized carbons (Fsp3) is 0.312. The van der Waals surface area contributed by atoms with Crippen LogP contribution in [-0.4, -0.2) is 11.0 Å². The van der Waals surface area contributed by atoms with Gasteiger partial charge in [0.25, 0.3) is 0 Å². The fourth-order valence-corrected chi connectivity index (χ4v) is 2.57. The number of pyridine rings is 1. The normalized spacial score (nSPS) is 12.3. The molecule has 2 rings (SSSR count). The molecule has 1 aromatic heterocycles. The van der Waals surface area contributed by atoms with Crippen LogP contribution in [0, 0.1) is 13.8 Å². The van der Waals surface area contributed by atoms with Crippen LogP contribution in [-0.2, 0) is 12.8 Å². The molecule has 1 atom stereocenters. The van der Waals surface area contributed by atoms with Gasteiger partial charge in [-0.2, -0.15) is 0 Å². The van der Waals surface area contributed by atoms with Crippen LogP contribution in [0.1, 0.15) is 22.3 Å². The van der Waals surface area contributed by atoms with Crippen molar-refractivity contribution in [3.63, 3.8) is 0 Å². The average molecular weight is 270 g/mol. The number of aromatic nitrogens is 1. The van der Waals surface area contributed by atoms with E-state index >= 15 is 0 Å². The largest absolute Gasteiger partial charge is 0.384 e. The van der Waals surface area contributed by atoms with Crippen LogP contribution < -0.4 is 17.0 Å². The average Bonchev–Trinajstić information content (AvgIpc) is 2.36. The number of nitrogens with one attached hydrogen (secondary N) is 1. The van der Waals surface area contributed by atoms with E-state index in [4.69, 9.17) is 11.6 Å². The maximum Gasteiger partial charge on any atom is 0.123 e. The second kappa shape index (κ2) is 6.50. The minimum atomic E-state index is 0.179. The van der Waals surface area contributed by atoms with Gasteiger partial charge < -0.3 is 5.73 Å². The van der Waals surface area contributed by atoms with Crippen LogP contribution in [0.2, 0.25) is 0 Å². The Bertz CT molecular complexity index is 560. The summed E-state index contributed by atoms with van der Waals surface area (Å²) in [7, 11) is 0. The number of rotatable bonds is 5. The lowest BCUT2D eigenvalue weighted by atomic mass is 9.97. The van der Waals surface area contributed by atoms with Crippen molar-refractivity contribution in [2.24, 2.45) is 5.84 Å². The third-order valence-corrected chi connectivity index (χ3v) is 3.33. The first-order valence-electron chi connectivity index (χ1n) is 6.80. The Morgan fingerprint density at radius 2 is 1.70 bits per heavy atom. The zero-order valence-corrected chi connectivity index (χ0v) is 12.1. The first-order chi connectivity index (χ1) is 9.56. The van der Waals surface area contributed by atoms with Crippen molar-refractivity contribution >= 4 is 5.82 Å². The molecule has 0 aliphatic heterocycles. The van der Waals surface area contributed by atoms with Gasteiger partial charge in [0.05, 0.1) is 0 Å². The first kappa shape index (κ1) is 14.5. The summed E-state index contributed by atoms with van der Waals surface area (Å²) in [6.45, 7) is 4.23. The molecular formula is C16H22N4. The summed E-state index contributed by atoms with van der Waals surface area (Å²) in [5, 5.41) is 0. The van der Waals surface area contributed by atoms with E-state index in [1.807, 2.05) is 12.1 Å². The minimum absolute atomic E-state index is 0.179. The predicted octanol–water partition coefficient (Wildman–Crippen LogP) is 1.90. The monoisotopic (exact) mass is 270 g/mol. The molecule has 1 aromatic carbocycles. The summed E-state index contributed by atoms with van der Waals surface area (Å²) in [5.41, 5.74) is 13.6. The molecule has 106 valence electrons. The van der Waals surface area contributed by atoms with Gasteiger partial charge in [-0.05, 0) is 49.9 Å². The van der Waals surface area contributed by atoms with Crippen molar-refractivity contribution in [1.82, 2.24) is 10.4 Å². The summed E-state index contributed by atoms with van der Waals surface area (Å²) in [4.78, 5) is 4.01. The van der Waals surface area contributed by atoms with Gasteiger partial charge in [-0.3, -0.25) is 11.3 Å². The SMILES string of the molecule is Cc1cc(C)cc(CC(Cc2ccnc(N)c2)NN)c1.